The summed E-state index contributed by atoms with van der Waals surface area (Å²) in [5.41, 5.74) is 8.06. The number of benzene rings is 2. The minimum atomic E-state index is -0.438. The highest BCUT2D eigenvalue weighted by atomic mass is 19.1. The van der Waals surface area contributed by atoms with Crippen LogP contribution in [0.25, 0.3) is 22.4 Å². The minimum absolute atomic E-state index is 0.0245. The van der Waals surface area contributed by atoms with E-state index in [4.69, 9.17) is 10.3 Å². The van der Waals surface area contributed by atoms with Gasteiger partial charge in [-0.1, -0.05) is 28.9 Å². The summed E-state index contributed by atoms with van der Waals surface area (Å²) in [6.07, 6.45) is 0. The fourth-order valence-electron chi connectivity index (χ4n) is 2.23. The number of hydrogen-bond acceptors (Lipinski definition) is 3. The highest BCUT2D eigenvalue weighted by Gasteiger charge is 2.20. The fraction of sp³-hybridized carbons (Fsp3) is 0.0625. The van der Waals surface area contributed by atoms with E-state index in [2.05, 4.69) is 5.16 Å². The predicted octanol–water partition coefficient (Wildman–Crippen LogP) is 4.18. The second-order valence-electron chi connectivity index (χ2n) is 4.76. The molecule has 2 aromatic carbocycles. The molecular formula is C16H12F2N2O. The van der Waals surface area contributed by atoms with E-state index in [1.807, 2.05) is 6.92 Å². The van der Waals surface area contributed by atoms with Crippen LogP contribution in [0.3, 0.4) is 0 Å². The monoisotopic (exact) mass is 286 g/mol. The standard InChI is InChI=1S/C16H12F2N2O/c1-9-5-6-13(18)12(7-9)15-14(16(19)21-20-15)10-3-2-4-11(17)8-10/h2-8H,19H2,1H3. The van der Waals surface area contributed by atoms with Crippen LogP contribution in [0.5, 0.6) is 0 Å². The van der Waals surface area contributed by atoms with Crippen molar-refractivity contribution in [3.63, 3.8) is 0 Å². The largest absolute Gasteiger partial charge is 0.367 e. The Balaban J connectivity index is 2.24. The van der Waals surface area contributed by atoms with E-state index in [1.54, 1.807) is 24.3 Å². The molecule has 106 valence electrons. The topological polar surface area (TPSA) is 52.0 Å². The number of anilines is 1. The summed E-state index contributed by atoms with van der Waals surface area (Å²) in [5, 5.41) is 3.83. The van der Waals surface area contributed by atoms with Gasteiger partial charge in [0.05, 0.1) is 5.56 Å². The molecule has 5 heteroatoms. The first kappa shape index (κ1) is 13.3. The lowest BCUT2D eigenvalue weighted by Gasteiger charge is -2.05. The van der Waals surface area contributed by atoms with E-state index in [-0.39, 0.29) is 17.1 Å². The van der Waals surface area contributed by atoms with Crippen molar-refractivity contribution in [1.82, 2.24) is 5.16 Å². The Hall–Kier alpha value is -2.69. The van der Waals surface area contributed by atoms with Crippen LogP contribution in [0.2, 0.25) is 0 Å². The average molecular weight is 286 g/mol. The Morgan fingerprint density at radius 3 is 2.67 bits per heavy atom. The van der Waals surface area contributed by atoms with Gasteiger partial charge in [-0.2, -0.15) is 0 Å². The molecule has 2 N–H and O–H groups in total. The molecule has 0 aliphatic carbocycles. The van der Waals surface area contributed by atoms with Gasteiger partial charge in [-0.15, -0.1) is 0 Å². The lowest BCUT2D eigenvalue weighted by atomic mass is 9.99. The number of nitrogens with two attached hydrogens (primary N) is 1. The number of nitrogens with zero attached hydrogens (tertiary/aromatic N) is 1. The molecule has 21 heavy (non-hydrogen) atoms. The van der Waals surface area contributed by atoms with Crippen LogP contribution in [0.15, 0.2) is 47.0 Å². The van der Waals surface area contributed by atoms with Crippen LogP contribution in [0.4, 0.5) is 14.7 Å². The number of halogens is 2. The van der Waals surface area contributed by atoms with E-state index in [1.165, 1.54) is 18.2 Å². The summed E-state index contributed by atoms with van der Waals surface area (Å²) in [4.78, 5) is 0. The van der Waals surface area contributed by atoms with E-state index >= 15 is 0 Å². The van der Waals surface area contributed by atoms with Crippen molar-refractivity contribution in [3.8, 4) is 22.4 Å². The molecule has 0 aliphatic heterocycles. The summed E-state index contributed by atoms with van der Waals surface area (Å²) >= 11 is 0. The van der Waals surface area contributed by atoms with Crippen LogP contribution < -0.4 is 5.73 Å². The molecule has 0 bridgehead atoms. The highest BCUT2D eigenvalue weighted by molar-refractivity contribution is 5.87. The summed E-state index contributed by atoms with van der Waals surface area (Å²) in [6, 6.07) is 10.5. The molecular weight excluding hydrogens is 274 g/mol. The third-order valence-electron chi connectivity index (χ3n) is 3.21. The number of nitrogen functional groups attached to an aromatic ring is 1. The molecule has 0 radical (unpaired) electrons. The number of rotatable bonds is 2. The Kier molecular flexibility index (Phi) is 3.17. The molecule has 0 saturated carbocycles. The van der Waals surface area contributed by atoms with Crippen molar-refractivity contribution < 1.29 is 13.3 Å². The first-order valence-electron chi connectivity index (χ1n) is 6.34. The van der Waals surface area contributed by atoms with E-state index < -0.39 is 11.6 Å². The van der Waals surface area contributed by atoms with Crippen molar-refractivity contribution >= 4 is 5.88 Å². The summed E-state index contributed by atoms with van der Waals surface area (Å²) in [6.45, 7) is 1.84. The maximum Gasteiger partial charge on any atom is 0.230 e. The molecule has 0 atom stereocenters. The summed E-state index contributed by atoms with van der Waals surface area (Å²) < 4.78 is 32.4. The molecule has 3 aromatic rings. The molecule has 1 heterocycles. The van der Waals surface area contributed by atoms with Gasteiger partial charge in [-0.3, -0.25) is 0 Å². The third kappa shape index (κ3) is 2.38. The molecule has 0 amide bonds. The molecule has 1 aromatic heterocycles. The predicted molar refractivity (Wildman–Crippen MR) is 76.4 cm³/mol. The smallest absolute Gasteiger partial charge is 0.230 e. The summed E-state index contributed by atoms with van der Waals surface area (Å²) in [7, 11) is 0. The Labute approximate surface area is 120 Å². The van der Waals surface area contributed by atoms with Crippen molar-refractivity contribution in [1.29, 1.82) is 0 Å². The maximum absolute atomic E-state index is 14.0. The van der Waals surface area contributed by atoms with Gasteiger partial charge in [0.25, 0.3) is 0 Å². The van der Waals surface area contributed by atoms with Gasteiger partial charge in [-0.25, -0.2) is 8.78 Å². The normalized spacial score (nSPS) is 10.8. The van der Waals surface area contributed by atoms with Crippen LogP contribution in [-0.4, -0.2) is 5.16 Å². The molecule has 0 fully saturated rings. The van der Waals surface area contributed by atoms with Gasteiger partial charge in [0.2, 0.25) is 5.88 Å². The van der Waals surface area contributed by atoms with Crippen molar-refractivity contribution in [3.05, 3.63) is 59.7 Å². The average Bonchev–Trinajstić information content (AvgIpc) is 2.83. The van der Waals surface area contributed by atoms with Gasteiger partial charge >= 0.3 is 0 Å². The zero-order chi connectivity index (χ0) is 15.0. The Bertz CT molecular complexity index is 812. The van der Waals surface area contributed by atoms with Gasteiger partial charge in [-0.05, 0) is 36.8 Å². The van der Waals surface area contributed by atoms with Crippen molar-refractivity contribution in [2.75, 3.05) is 5.73 Å². The highest BCUT2D eigenvalue weighted by Crippen LogP contribution is 2.37. The molecule has 0 spiro atoms. The number of aryl methyl sites for hydroxylation is 1. The third-order valence-corrected chi connectivity index (χ3v) is 3.21. The van der Waals surface area contributed by atoms with Gasteiger partial charge in [0.15, 0.2) is 0 Å². The van der Waals surface area contributed by atoms with Gasteiger partial charge in [0.1, 0.15) is 17.3 Å². The van der Waals surface area contributed by atoms with E-state index in [0.717, 1.165) is 5.56 Å². The SMILES string of the molecule is Cc1ccc(F)c(-c2noc(N)c2-c2cccc(F)c2)c1. The molecule has 3 rings (SSSR count). The molecule has 0 saturated heterocycles. The molecule has 0 unspecified atom stereocenters. The van der Waals surface area contributed by atoms with Crippen LogP contribution in [-0.2, 0) is 0 Å². The lowest BCUT2D eigenvalue weighted by Crippen LogP contribution is -1.91. The quantitative estimate of drug-likeness (QED) is 0.769. The van der Waals surface area contributed by atoms with E-state index in [9.17, 15) is 8.78 Å². The minimum Gasteiger partial charge on any atom is -0.367 e. The van der Waals surface area contributed by atoms with Crippen LogP contribution in [0, 0.1) is 18.6 Å². The zero-order valence-corrected chi connectivity index (χ0v) is 11.2. The first-order valence-corrected chi connectivity index (χ1v) is 6.34. The van der Waals surface area contributed by atoms with Crippen molar-refractivity contribution in [2.45, 2.75) is 6.92 Å². The molecule has 0 aliphatic rings. The maximum atomic E-state index is 14.0. The van der Waals surface area contributed by atoms with Crippen LogP contribution >= 0.6 is 0 Å². The number of hydrogen-bond donors (Lipinski definition) is 1. The lowest BCUT2D eigenvalue weighted by molar-refractivity contribution is 0.439. The summed E-state index contributed by atoms with van der Waals surface area (Å²) in [5.74, 6) is -0.827. The van der Waals surface area contributed by atoms with Crippen LogP contribution in [0.1, 0.15) is 5.56 Å². The molecule has 3 nitrogen and oxygen atoms in total. The number of aromatic nitrogens is 1. The second-order valence-corrected chi connectivity index (χ2v) is 4.76. The van der Waals surface area contributed by atoms with Gasteiger partial charge in [0, 0.05) is 5.56 Å². The van der Waals surface area contributed by atoms with Crippen molar-refractivity contribution in [2.24, 2.45) is 0 Å². The zero-order valence-electron chi connectivity index (χ0n) is 11.2. The second kappa shape index (κ2) is 5.01. The Morgan fingerprint density at radius 2 is 1.90 bits per heavy atom. The fourth-order valence-corrected chi connectivity index (χ4v) is 2.23. The van der Waals surface area contributed by atoms with E-state index in [0.29, 0.717) is 11.1 Å². The Morgan fingerprint density at radius 1 is 1.10 bits per heavy atom. The van der Waals surface area contributed by atoms with Gasteiger partial charge < -0.3 is 10.3 Å². The first-order chi connectivity index (χ1) is 10.1.